The van der Waals surface area contributed by atoms with Gasteiger partial charge in [-0.1, -0.05) is 46.6 Å². The number of halogens is 2. The van der Waals surface area contributed by atoms with E-state index in [1.807, 2.05) is 6.07 Å². The van der Waals surface area contributed by atoms with Gasteiger partial charge >= 0.3 is 0 Å². The molecule has 1 aromatic carbocycles. The molecule has 0 bridgehead atoms. The molecule has 2 aromatic rings. The van der Waals surface area contributed by atoms with Crippen LogP contribution in [0.25, 0.3) is 0 Å². The number of hydrogen-bond donors (Lipinski definition) is 1. The first-order chi connectivity index (χ1) is 9.20. The van der Waals surface area contributed by atoms with E-state index in [0.717, 1.165) is 28.9 Å². The fourth-order valence-electron chi connectivity index (χ4n) is 1.99. The minimum absolute atomic E-state index is 0.300. The molecule has 19 heavy (non-hydrogen) atoms. The van der Waals surface area contributed by atoms with Gasteiger partial charge in [0.05, 0.1) is 5.02 Å². The summed E-state index contributed by atoms with van der Waals surface area (Å²) in [5.41, 5.74) is 1.32. The maximum absolute atomic E-state index is 6.27. The quantitative estimate of drug-likeness (QED) is 0.724. The van der Waals surface area contributed by atoms with Gasteiger partial charge in [-0.25, -0.2) is 0 Å². The highest BCUT2D eigenvalue weighted by atomic mass is 79.9. The minimum Gasteiger partial charge on any atom is -0.309 e. The maximum atomic E-state index is 6.27. The average Bonchev–Trinajstić information content (AvgIpc) is 2.83. The third kappa shape index (κ3) is 4.32. The fourth-order valence-corrected chi connectivity index (χ4v) is 3.52. The topological polar surface area (TPSA) is 12.0 Å². The van der Waals surface area contributed by atoms with Crippen molar-refractivity contribution in [3.8, 4) is 0 Å². The second kappa shape index (κ2) is 7.44. The lowest BCUT2D eigenvalue weighted by molar-refractivity contribution is 0.537. The first-order valence-electron chi connectivity index (χ1n) is 6.41. The van der Waals surface area contributed by atoms with Crippen LogP contribution in [-0.4, -0.2) is 6.54 Å². The van der Waals surface area contributed by atoms with E-state index in [2.05, 4.69) is 57.8 Å². The van der Waals surface area contributed by atoms with Gasteiger partial charge in [-0.05, 0) is 48.5 Å². The van der Waals surface area contributed by atoms with Gasteiger partial charge in [0, 0.05) is 15.4 Å². The van der Waals surface area contributed by atoms with Gasteiger partial charge in [0.25, 0.3) is 0 Å². The Morgan fingerprint density at radius 1 is 1.26 bits per heavy atom. The van der Waals surface area contributed by atoms with Crippen LogP contribution in [-0.2, 0) is 6.42 Å². The van der Waals surface area contributed by atoms with Gasteiger partial charge < -0.3 is 5.32 Å². The number of benzene rings is 1. The Labute approximate surface area is 132 Å². The average molecular weight is 359 g/mol. The molecule has 1 aromatic heterocycles. The van der Waals surface area contributed by atoms with Crippen LogP contribution < -0.4 is 5.32 Å². The van der Waals surface area contributed by atoms with Crippen molar-refractivity contribution in [3.05, 3.63) is 55.6 Å². The molecule has 0 aliphatic carbocycles. The Morgan fingerprint density at radius 2 is 2.00 bits per heavy atom. The first-order valence-corrected chi connectivity index (χ1v) is 8.46. The van der Waals surface area contributed by atoms with Crippen molar-refractivity contribution in [1.82, 2.24) is 5.32 Å². The van der Waals surface area contributed by atoms with Crippen molar-refractivity contribution in [1.29, 1.82) is 0 Å². The Morgan fingerprint density at radius 3 is 2.58 bits per heavy atom. The minimum atomic E-state index is 0.300. The predicted octanol–water partition coefficient (Wildman–Crippen LogP) is 5.45. The normalized spacial score (nSPS) is 12.6. The Kier molecular flexibility index (Phi) is 5.89. The number of nitrogens with one attached hydrogen (secondary N) is 1. The van der Waals surface area contributed by atoms with E-state index >= 15 is 0 Å². The largest absolute Gasteiger partial charge is 0.309 e. The van der Waals surface area contributed by atoms with Crippen LogP contribution in [0, 0.1) is 0 Å². The highest BCUT2D eigenvalue weighted by Gasteiger charge is 2.16. The lowest BCUT2D eigenvalue weighted by Gasteiger charge is -2.18. The molecule has 1 N–H and O–H groups in total. The summed E-state index contributed by atoms with van der Waals surface area (Å²) in [4.78, 5) is 1.23. The third-order valence-corrected chi connectivity index (χ3v) is 4.96. The molecule has 0 aliphatic heterocycles. The predicted molar refractivity (Wildman–Crippen MR) is 88.2 cm³/mol. The van der Waals surface area contributed by atoms with Crippen LogP contribution in [0.1, 0.15) is 29.8 Å². The van der Waals surface area contributed by atoms with Crippen molar-refractivity contribution in [2.75, 3.05) is 6.54 Å². The molecule has 4 heteroatoms. The number of rotatable bonds is 6. The van der Waals surface area contributed by atoms with E-state index in [-0.39, 0.29) is 0 Å². The summed E-state index contributed by atoms with van der Waals surface area (Å²) < 4.78 is 1.11. The summed E-state index contributed by atoms with van der Waals surface area (Å²) in [5, 5.41) is 6.52. The van der Waals surface area contributed by atoms with Gasteiger partial charge in [0.15, 0.2) is 0 Å². The molecule has 102 valence electrons. The molecule has 0 radical (unpaired) electrons. The second-order valence-electron chi connectivity index (χ2n) is 4.47. The molecule has 1 unspecified atom stereocenters. The summed E-state index contributed by atoms with van der Waals surface area (Å²) in [5.74, 6) is 0. The van der Waals surface area contributed by atoms with Crippen molar-refractivity contribution < 1.29 is 0 Å². The summed E-state index contributed by atoms with van der Waals surface area (Å²) in [6.45, 7) is 3.19. The summed E-state index contributed by atoms with van der Waals surface area (Å²) in [6, 6.07) is 10.8. The van der Waals surface area contributed by atoms with Crippen LogP contribution in [0.4, 0.5) is 0 Å². The van der Waals surface area contributed by atoms with E-state index in [0.29, 0.717) is 6.04 Å². The van der Waals surface area contributed by atoms with E-state index < -0.39 is 0 Å². The highest BCUT2D eigenvalue weighted by Crippen LogP contribution is 2.31. The van der Waals surface area contributed by atoms with Crippen molar-refractivity contribution in [2.45, 2.75) is 25.8 Å². The first kappa shape index (κ1) is 15.0. The lowest BCUT2D eigenvalue weighted by Crippen LogP contribution is -2.23. The molecule has 0 fully saturated rings. The molecular formula is C15H17BrClNS. The Bertz CT molecular complexity index is 509. The van der Waals surface area contributed by atoms with Crippen LogP contribution >= 0.6 is 38.9 Å². The van der Waals surface area contributed by atoms with Gasteiger partial charge in [-0.2, -0.15) is 0 Å². The highest BCUT2D eigenvalue weighted by molar-refractivity contribution is 9.10. The van der Waals surface area contributed by atoms with Gasteiger partial charge in [-0.15, -0.1) is 11.3 Å². The van der Waals surface area contributed by atoms with E-state index in [4.69, 9.17) is 11.6 Å². The van der Waals surface area contributed by atoms with E-state index in [9.17, 15) is 0 Å². The number of thiophene rings is 1. The third-order valence-electron chi connectivity index (χ3n) is 2.96. The smallest absolute Gasteiger partial charge is 0.0561 e. The lowest BCUT2D eigenvalue weighted by atomic mass is 10.0. The molecule has 1 heterocycles. The maximum Gasteiger partial charge on any atom is 0.0561 e. The Balaban J connectivity index is 2.14. The van der Waals surface area contributed by atoms with Crippen LogP contribution in [0.5, 0.6) is 0 Å². The zero-order chi connectivity index (χ0) is 13.7. The van der Waals surface area contributed by atoms with Gasteiger partial charge in [0.1, 0.15) is 0 Å². The number of hydrogen-bond acceptors (Lipinski definition) is 2. The van der Waals surface area contributed by atoms with E-state index in [1.54, 1.807) is 11.3 Å². The van der Waals surface area contributed by atoms with Crippen LogP contribution in [0.2, 0.25) is 5.02 Å². The molecule has 2 rings (SSSR count). The molecular weight excluding hydrogens is 342 g/mol. The molecule has 0 amide bonds. The van der Waals surface area contributed by atoms with Crippen LogP contribution in [0.15, 0.2) is 40.2 Å². The SMILES string of the molecule is CCCNC(Cc1ccc(Br)cc1)c1sccc1Cl. The fraction of sp³-hybridized carbons (Fsp3) is 0.333. The summed E-state index contributed by atoms with van der Waals surface area (Å²) >= 11 is 11.5. The monoisotopic (exact) mass is 357 g/mol. The zero-order valence-electron chi connectivity index (χ0n) is 10.8. The molecule has 1 atom stereocenters. The summed E-state index contributed by atoms with van der Waals surface area (Å²) in [7, 11) is 0. The molecule has 1 nitrogen and oxygen atoms in total. The second-order valence-corrected chi connectivity index (χ2v) is 6.74. The molecule has 0 saturated heterocycles. The van der Waals surface area contributed by atoms with Crippen molar-refractivity contribution in [3.63, 3.8) is 0 Å². The van der Waals surface area contributed by atoms with Crippen molar-refractivity contribution in [2.24, 2.45) is 0 Å². The van der Waals surface area contributed by atoms with E-state index in [1.165, 1.54) is 10.4 Å². The van der Waals surface area contributed by atoms with Crippen LogP contribution in [0.3, 0.4) is 0 Å². The summed E-state index contributed by atoms with van der Waals surface area (Å²) in [6.07, 6.45) is 2.09. The standard InChI is InChI=1S/C15H17BrClNS/c1-2-8-18-14(15-13(17)7-9-19-15)10-11-3-5-12(16)6-4-11/h3-7,9,14,18H,2,8,10H2,1H3. The molecule has 0 aliphatic rings. The Hall–Kier alpha value is -0.350. The molecule has 0 spiro atoms. The zero-order valence-corrected chi connectivity index (χ0v) is 14.0. The molecule has 0 saturated carbocycles. The van der Waals surface area contributed by atoms with Gasteiger partial charge in [0.2, 0.25) is 0 Å². The van der Waals surface area contributed by atoms with Gasteiger partial charge in [-0.3, -0.25) is 0 Å². The van der Waals surface area contributed by atoms with Crippen molar-refractivity contribution >= 4 is 38.9 Å².